The van der Waals surface area contributed by atoms with Crippen molar-refractivity contribution in [2.45, 2.75) is 33.2 Å². The second-order valence-corrected chi connectivity index (χ2v) is 2.85. The van der Waals surface area contributed by atoms with Gasteiger partial charge in [0.25, 0.3) is 0 Å². The third kappa shape index (κ3) is 2.91. The van der Waals surface area contributed by atoms with Crippen LogP contribution in [0.4, 0.5) is 0 Å². The van der Waals surface area contributed by atoms with Crippen LogP contribution >= 0.6 is 0 Å². The molecule has 0 aromatic rings. The Balaban J connectivity index is 0.000000791. The Bertz CT molecular complexity index is 244. The molecule has 1 amide bonds. The van der Waals surface area contributed by atoms with E-state index < -0.39 is 0 Å². The zero-order chi connectivity index (χ0) is 11.1. The second kappa shape index (κ2) is 6.24. The minimum Gasteiger partial charge on any atom is -0.368 e. The summed E-state index contributed by atoms with van der Waals surface area (Å²) < 4.78 is 0. The third-order valence-corrected chi connectivity index (χ3v) is 2.11. The van der Waals surface area contributed by atoms with Crippen molar-refractivity contribution in [2.24, 2.45) is 5.73 Å². The van der Waals surface area contributed by atoms with Gasteiger partial charge < -0.3 is 10.6 Å². The summed E-state index contributed by atoms with van der Waals surface area (Å²) in [6.07, 6.45) is 6.61. The number of primary amides is 1. The molecule has 0 aromatic carbocycles. The summed E-state index contributed by atoms with van der Waals surface area (Å²) in [7, 11) is 1.88. The molecule has 0 aliphatic carbocycles. The third-order valence-electron chi connectivity index (χ3n) is 2.11. The molecule has 1 aliphatic heterocycles. The molecular formula is C11H20N2O. The van der Waals surface area contributed by atoms with Gasteiger partial charge in [0.05, 0.1) is 0 Å². The fourth-order valence-corrected chi connectivity index (χ4v) is 1.35. The van der Waals surface area contributed by atoms with Crippen molar-refractivity contribution in [3.8, 4) is 0 Å². The van der Waals surface area contributed by atoms with Crippen LogP contribution in [0.2, 0.25) is 0 Å². The van der Waals surface area contributed by atoms with Crippen LogP contribution in [-0.2, 0) is 4.79 Å². The number of amides is 1. The number of carbonyl (C=O) groups excluding carboxylic acids is 1. The molecule has 80 valence electrons. The Hall–Kier alpha value is -1.25. The predicted molar refractivity (Wildman–Crippen MR) is 59.6 cm³/mol. The molecule has 0 radical (unpaired) electrons. The van der Waals surface area contributed by atoms with Crippen molar-refractivity contribution in [3.63, 3.8) is 0 Å². The van der Waals surface area contributed by atoms with E-state index in [9.17, 15) is 4.79 Å². The lowest BCUT2D eigenvalue weighted by molar-refractivity contribution is -0.120. The van der Waals surface area contributed by atoms with Crippen LogP contribution in [0.3, 0.4) is 0 Å². The number of hydrogen-bond donors (Lipinski definition) is 1. The number of hydrogen-bond acceptors (Lipinski definition) is 2. The number of allylic oxidation sites excluding steroid dienone is 3. The maximum atomic E-state index is 10.9. The lowest BCUT2D eigenvalue weighted by Gasteiger charge is -2.29. The summed E-state index contributed by atoms with van der Waals surface area (Å²) in [6.45, 7) is 6.06. The van der Waals surface area contributed by atoms with Crippen molar-refractivity contribution in [2.75, 3.05) is 7.05 Å². The Labute approximate surface area is 86.3 Å². The van der Waals surface area contributed by atoms with Gasteiger partial charge in [-0.25, -0.2) is 0 Å². The monoisotopic (exact) mass is 196 g/mol. The van der Waals surface area contributed by atoms with Crippen LogP contribution in [0.25, 0.3) is 0 Å². The van der Waals surface area contributed by atoms with Gasteiger partial charge in [0.15, 0.2) is 0 Å². The highest BCUT2D eigenvalue weighted by Crippen LogP contribution is 2.15. The summed E-state index contributed by atoms with van der Waals surface area (Å²) in [4.78, 5) is 12.8. The van der Waals surface area contributed by atoms with Crippen LogP contribution < -0.4 is 5.73 Å². The molecule has 0 aromatic heterocycles. The van der Waals surface area contributed by atoms with Crippen LogP contribution in [0.15, 0.2) is 23.9 Å². The van der Waals surface area contributed by atoms with Gasteiger partial charge in [-0.3, -0.25) is 4.79 Å². The summed E-state index contributed by atoms with van der Waals surface area (Å²) in [5, 5.41) is 0. The fraction of sp³-hybridized carbons (Fsp3) is 0.545. The van der Waals surface area contributed by atoms with E-state index in [-0.39, 0.29) is 11.9 Å². The lowest BCUT2D eigenvalue weighted by Crippen LogP contribution is -2.41. The van der Waals surface area contributed by atoms with Gasteiger partial charge in [0.1, 0.15) is 6.04 Å². The van der Waals surface area contributed by atoms with Crippen LogP contribution in [0, 0.1) is 0 Å². The quantitative estimate of drug-likeness (QED) is 0.730. The average Bonchev–Trinajstić information content (AvgIpc) is 2.21. The smallest absolute Gasteiger partial charge is 0.244 e. The number of rotatable bonds is 2. The molecule has 3 nitrogen and oxygen atoms in total. The van der Waals surface area contributed by atoms with Crippen molar-refractivity contribution in [1.82, 2.24) is 4.90 Å². The van der Waals surface area contributed by atoms with E-state index in [1.165, 1.54) is 0 Å². The highest BCUT2D eigenvalue weighted by Gasteiger charge is 2.20. The first-order valence-corrected chi connectivity index (χ1v) is 5.06. The first-order valence-electron chi connectivity index (χ1n) is 5.06. The first-order chi connectivity index (χ1) is 6.66. The molecule has 1 rings (SSSR count). The van der Waals surface area contributed by atoms with E-state index in [4.69, 9.17) is 5.73 Å². The van der Waals surface area contributed by atoms with Gasteiger partial charge in [0.2, 0.25) is 5.91 Å². The van der Waals surface area contributed by atoms with Crippen LogP contribution in [0.5, 0.6) is 0 Å². The lowest BCUT2D eigenvalue weighted by atomic mass is 10.1. The summed E-state index contributed by atoms with van der Waals surface area (Å²) in [5.74, 6) is -0.298. The minimum atomic E-state index is -0.298. The van der Waals surface area contributed by atoms with E-state index in [0.29, 0.717) is 0 Å². The number of nitrogens with two attached hydrogens (primary N) is 1. The molecule has 2 N–H and O–H groups in total. The number of nitrogens with zero attached hydrogens (tertiary/aromatic N) is 1. The normalized spacial score (nSPS) is 19.6. The van der Waals surface area contributed by atoms with E-state index in [1.54, 1.807) is 0 Å². The molecule has 1 heterocycles. The van der Waals surface area contributed by atoms with Gasteiger partial charge >= 0.3 is 0 Å². The number of likely N-dealkylation sites (N-methyl/N-ethyl adjacent to an activating group) is 1. The summed E-state index contributed by atoms with van der Waals surface area (Å²) >= 11 is 0. The molecule has 1 unspecified atom stereocenters. The molecule has 0 saturated carbocycles. The molecule has 1 aliphatic rings. The average molecular weight is 196 g/mol. The standard InChI is InChI=1S/C9H14N2O.C2H6/c1-3-7-5-4-6-8(9(10)12)11(7)2;1-2/h4-6,8H,3H2,1-2H3,(H2,10,12);1-2H3. The Morgan fingerprint density at radius 2 is 2.14 bits per heavy atom. The maximum absolute atomic E-state index is 10.9. The summed E-state index contributed by atoms with van der Waals surface area (Å²) in [6, 6.07) is -0.273. The van der Waals surface area contributed by atoms with E-state index in [0.717, 1.165) is 12.1 Å². The van der Waals surface area contributed by atoms with Gasteiger partial charge in [-0.05, 0) is 12.5 Å². The molecule has 14 heavy (non-hydrogen) atoms. The Morgan fingerprint density at radius 1 is 1.57 bits per heavy atom. The zero-order valence-electron chi connectivity index (χ0n) is 9.45. The number of carbonyl (C=O) groups is 1. The van der Waals surface area contributed by atoms with E-state index in [1.807, 2.05) is 44.0 Å². The molecule has 0 spiro atoms. The van der Waals surface area contributed by atoms with E-state index in [2.05, 4.69) is 6.92 Å². The van der Waals surface area contributed by atoms with Gasteiger partial charge in [0, 0.05) is 12.7 Å². The SMILES string of the molecule is CC.CCC1=CC=CC(C(N)=O)N1C. The highest BCUT2D eigenvalue weighted by atomic mass is 16.1. The molecular weight excluding hydrogens is 176 g/mol. The molecule has 0 fully saturated rings. The summed E-state index contributed by atoms with van der Waals surface area (Å²) in [5.41, 5.74) is 6.36. The zero-order valence-corrected chi connectivity index (χ0v) is 9.45. The Kier molecular flexibility index (Phi) is 5.68. The second-order valence-electron chi connectivity index (χ2n) is 2.85. The van der Waals surface area contributed by atoms with Gasteiger partial charge in [-0.15, -0.1) is 0 Å². The van der Waals surface area contributed by atoms with Crippen molar-refractivity contribution >= 4 is 5.91 Å². The fourth-order valence-electron chi connectivity index (χ4n) is 1.35. The van der Waals surface area contributed by atoms with Crippen LogP contribution in [-0.4, -0.2) is 23.9 Å². The molecule has 0 bridgehead atoms. The Morgan fingerprint density at radius 3 is 2.57 bits per heavy atom. The minimum absolute atomic E-state index is 0.273. The van der Waals surface area contributed by atoms with E-state index >= 15 is 0 Å². The van der Waals surface area contributed by atoms with Crippen molar-refractivity contribution in [3.05, 3.63) is 23.9 Å². The van der Waals surface area contributed by atoms with Gasteiger partial charge in [-0.1, -0.05) is 32.9 Å². The van der Waals surface area contributed by atoms with Crippen molar-refractivity contribution < 1.29 is 4.79 Å². The predicted octanol–water partition coefficient (Wildman–Crippen LogP) is 1.66. The van der Waals surface area contributed by atoms with Gasteiger partial charge in [-0.2, -0.15) is 0 Å². The maximum Gasteiger partial charge on any atom is 0.244 e. The van der Waals surface area contributed by atoms with Crippen molar-refractivity contribution in [1.29, 1.82) is 0 Å². The highest BCUT2D eigenvalue weighted by molar-refractivity contribution is 5.82. The first kappa shape index (κ1) is 12.8. The molecule has 3 heteroatoms. The molecule has 0 saturated heterocycles. The topological polar surface area (TPSA) is 46.3 Å². The van der Waals surface area contributed by atoms with Crippen LogP contribution in [0.1, 0.15) is 27.2 Å². The molecule has 1 atom stereocenters. The largest absolute Gasteiger partial charge is 0.368 e.